The van der Waals surface area contributed by atoms with E-state index in [4.69, 9.17) is 32.7 Å². The predicted octanol–water partition coefficient (Wildman–Crippen LogP) is 9.47. The number of esters is 1. The molecule has 0 radical (unpaired) electrons. The summed E-state index contributed by atoms with van der Waals surface area (Å²) in [5, 5.41) is 24.1. The minimum Gasteiger partial charge on any atom is -0.505 e. The van der Waals surface area contributed by atoms with Crippen molar-refractivity contribution in [3.8, 4) is 16.9 Å². The van der Waals surface area contributed by atoms with Crippen LogP contribution in [0.25, 0.3) is 11.1 Å². The van der Waals surface area contributed by atoms with Crippen molar-refractivity contribution in [3.63, 3.8) is 0 Å². The maximum atomic E-state index is 14.5. The first-order valence-electron chi connectivity index (χ1n) is 20.1. The molecule has 318 valence electrons. The van der Waals surface area contributed by atoms with Crippen molar-refractivity contribution in [2.75, 3.05) is 13.7 Å². The summed E-state index contributed by atoms with van der Waals surface area (Å²) in [5.74, 6) is -4.43. The quantitative estimate of drug-likeness (QED) is 0.0664. The van der Waals surface area contributed by atoms with Crippen LogP contribution in [0.1, 0.15) is 81.7 Å². The Kier molecular flexibility index (Phi) is 15.3. The number of fused-ring (bicyclic) bond motifs is 3. The van der Waals surface area contributed by atoms with Crippen LogP contribution in [0.4, 0.5) is 4.79 Å². The molecule has 2 amide bonds. The maximum absolute atomic E-state index is 14.5. The molecule has 1 aliphatic rings. The van der Waals surface area contributed by atoms with Crippen LogP contribution in [0.2, 0.25) is 10.0 Å². The van der Waals surface area contributed by atoms with Crippen LogP contribution >= 0.6 is 23.2 Å². The molecule has 4 aromatic carbocycles. The van der Waals surface area contributed by atoms with Crippen LogP contribution < -0.4 is 5.32 Å². The smallest absolute Gasteiger partial charge is 0.410 e. The van der Waals surface area contributed by atoms with Crippen molar-refractivity contribution < 1.29 is 38.9 Å². The van der Waals surface area contributed by atoms with Gasteiger partial charge in [-0.05, 0) is 71.7 Å². The van der Waals surface area contributed by atoms with E-state index in [9.17, 15) is 29.4 Å². The van der Waals surface area contributed by atoms with Gasteiger partial charge in [0.15, 0.2) is 17.6 Å². The largest absolute Gasteiger partial charge is 0.505 e. The van der Waals surface area contributed by atoms with Crippen molar-refractivity contribution >= 4 is 47.0 Å². The summed E-state index contributed by atoms with van der Waals surface area (Å²) < 4.78 is 11.9. The average molecular weight is 858 g/mol. The molecule has 0 unspecified atom stereocenters. The fourth-order valence-corrected chi connectivity index (χ4v) is 8.34. The fraction of sp³-hybridized carbons (Fsp3) is 0.375. The summed E-state index contributed by atoms with van der Waals surface area (Å²) in [6, 6.07) is 25.4. The molecule has 6 atom stereocenters. The Morgan fingerprint density at radius 2 is 1.47 bits per heavy atom. The minimum atomic E-state index is -1.81. The zero-order valence-corrected chi connectivity index (χ0v) is 36.4. The van der Waals surface area contributed by atoms with E-state index in [0.717, 1.165) is 22.3 Å². The molecular formula is C48H54Cl2N2O8. The number of ketones is 1. The highest BCUT2D eigenvalue weighted by atomic mass is 35.5. The number of hydrogen-bond acceptors (Lipinski definition) is 8. The lowest BCUT2D eigenvalue weighted by molar-refractivity contribution is -0.162. The van der Waals surface area contributed by atoms with Gasteiger partial charge in [-0.1, -0.05) is 135 Å². The number of amides is 2. The molecule has 12 heteroatoms. The molecule has 0 spiro atoms. The molecule has 10 nitrogen and oxygen atoms in total. The Hall–Kier alpha value is -5.16. The molecule has 60 heavy (non-hydrogen) atoms. The van der Waals surface area contributed by atoms with E-state index in [0.29, 0.717) is 17.5 Å². The van der Waals surface area contributed by atoms with Crippen LogP contribution in [0.3, 0.4) is 0 Å². The Morgan fingerprint density at radius 1 is 0.917 bits per heavy atom. The number of carbonyl (C=O) groups excluding carboxylic acids is 4. The average Bonchev–Trinajstić information content (AvgIpc) is 3.55. The number of halogens is 2. The van der Waals surface area contributed by atoms with Gasteiger partial charge in [0.05, 0.1) is 21.7 Å². The third-order valence-electron chi connectivity index (χ3n) is 11.4. The van der Waals surface area contributed by atoms with Gasteiger partial charge in [-0.3, -0.25) is 9.59 Å². The van der Waals surface area contributed by atoms with Gasteiger partial charge >= 0.3 is 12.1 Å². The first kappa shape index (κ1) is 45.9. The lowest BCUT2D eigenvalue weighted by Crippen LogP contribution is -2.56. The van der Waals surface area contributed by atoms with Crippen molar-refractivity contribution in [1.29, 1.82) is 0 Å². The third-order valence-corrected chi connectivity index (χ3v) is 12.0. The van der Waals surface area contributed by atoms with Crippen molar-refractivity contribution in [1.82, 2.24) is 10.2 Å². The van der Waals surface area contributed by atoms with Crippen LogP contribution in [0, 0.1) is 17.8 Å². The molecular weight excluding hydrogens is 803 g/mol. The van der Waals surface area contributed by atoms with Gasteiger partial charge < -0.3 is 29.9 Å². The van der Waals surface area contributed by atoms with E-state index in [1.54, 1.807) is 18.2 Å². The first-order chi connectivity index (χ1) is 28.5. The number of nitrogens with one attached hydrogen (secondary N) is 1. The number of Topliss-reactive ketones (excluding diaryl/α,β-unsaturated/α-hetero) is 1. The SMILES string of the molecule is C=C[C@@H](C)[C@H](OC(=O)[C@@H](NC(=O)[C@H](CC(=O)[C@H]([C@@H](C)CC)N(C)C(=O)OCC1c2ccccc2-c2ccccc21)Cc1cc(Cl)c(O)c(Cl)c1)C(C)(C)O)c1ccccc1. The fourth-order valence-electron chi connectivity index (χ4n) is 7.81. The van der Waals surface area contributed by atoms with Crippen molar-refractivity contribution in [2.24, 2.45) is 17.8 Å². The number of benzene rings is 4. The van der Waals surface area contributed by atoms with E-state index in [2.05, 4.69) is 11.9 Å². The number of nitrogens with zero attached hydrogens (tertiary/aromatic N) is 1. The van der Waals surface area contributed by atoms with Gasteiger partial charge in [0.2, 0.25) is 5.91 Å². The summed E-state index contributed by atoms with van der Waals surface area (Å²) >= 11 is 12.5. The normalized spacial score (nSPS) is 15.3. The molecule has 0 heterocycles. The van der Waals surface area contributed by atoms with Gasteiger partial charge in [0.1, 0.15) is 12.7 Å². The highest BCUT2D eigenvalue weighted by Crippen LogP contribution is 2.44. The molecule has 5 rings (SSSR count). The second-order valence-electron chi connectivity index (χ2n) is 16.2. The second-order valence-corrected chi connectivity index (χ2v) is 17.0. The number of aromatic hydroxyl groups is 1. The number of carbonyl (C=O) groups is 4. The number of phenolic OH excluding ortho intramolecular Hbond substituents is 1. The second kappa shape index (κ2) is 19.9. The predicted molar refractivity (Wildman–Crippen MR) is 234 cm³/mol. The van der Waals surface area contributed by atoms with Crippen LogP contribution in [-0.4, -0.2) is 70.2 Å². The molecule has 0 saturated carbocycles. The van der Waals surface area contributed by atoms with E-state index >= 15 is 0 Å². The number of phenols is 1. The number of ether oxygens (including phenoxy) is 2. The standard InChI is InChI=1S/C48H54Cl2N2O8/c1-8-28(3)41(52(7)47(57)59-27-37-35-21-15-13-19-33(35)34-20-14-16-22-36(34)37)40(53)26-32(23-30-24-38(49)42(54)39(50)25-30)45(55)51-44(48(5,6)58)46(56)60-43(29(4)9-2)31-17-11-10-12-18-31/h9-22,24-25,28-29,32,37,41,43-44,54,58H,2,8,23,26-27H2,1,3-7H3,(H,51,55)/t28-,29+,32-,41-,43-,44+/m0/s1. The topological polar surface area (TPSA) is 142 Å². The molecule has 0 aromatic heterocycles. The summed E-state index contributed by atoms with van der Waals surface area (Å²) in [5.41, 5.74) is 3.56. The monoisotopic (exact) mass is 856 g/mol. The Morgan fingerprint density at radius 3 is 2.00 bits per heavy atom. The highest BCUT2D eigenvalue weighted by molar-refractivity contribution is 6.37. The summed E-state index contributed by atoms with van der Waals surface area (Å²) in [7, 11) is 1.51. The van der Waals surface area contributed by atoms with Crippen LogP contribution in [-0.2, 0) is 30.3 Å². The van der Waals surface area contributed by atoms with Gasteiger partial charge in [0, 0.05) is 31.2 Å². The Labute approximate surface area is 362 Å². The van der Waals surface area contributed by atoms with Crippen LogP contribution in [0.15, 0.2) is 104 Å². The Bertz CT molecular complexity index is 2120. The molecule has 0 aliphatic heterocycles. The molecule has 3 N–H and O–H groups in total. The molecule has 1 aliphatic carbocycles. The number of rotatable bonds is 18. The third kappa shape index (κ3) is 10.6. The number of likely N-dealkylation sites (N-methyl/N-ethyl adjacent to an activating group) is 1. The maximum Gasteiger partial charge on any atom is 0.410 e. The molecule has 0 fully saturated rings. The Balaban J connectivity index is 1.40. The van der Waals surface area contributed by atoms with E-state index < -0.39 is 53.5 Å². The van der Waals surface area contributed by atoms with Gasteiger partial charge in [-0.25, -0.2) is 9.59 Å². The van der Waals surface area contributed by atoms with Crippen molar-refractivity contribution in [2.45, 2.75) is 83.6 Å². The van der Waals surface area contributed by atoms with Gasteiger partial charge in [-0.2, -0.15) is 0 Å². The van der Waals surface area contributed by atoms with Crippen molar-refractivity contribution in [3.05, 3.63) is 136 Å². The zero-order chi connectivity index (χ0) is 43.9. The summed E-state index contributed by atoms with van der Waals surface area (Å²) in [6.45, 7) is 12.2. The van der Waals surface area contributed by atoms with Gasteiger partial charge in [-0.15, -0.1) is 6.58 Å². The van der Waals surface area contributed by atoms with E-state index in [1.165, 1.54) is 37.9 Å². The van der Waals surface area contributed by atoms with E-state index in [-0.39, 0.29) is 53.0 Å². The number of hydrogen-bond donors (Lipinski definition) is 3. The first-order valence-corrected chi connectivity index (χ1v) is 20.9. The molecule has 4 aromatic rings. The van der Waals surface area contributed by atoms with Gasteiger partial charge in [0.25, 0.3) is 0 Å². The lowest BCUT2D eigenvalue weighted by atomic mass is 9.86. The van der Waals surface area contributed by atoms with E-state index in [1.807, 2.05) is 87.5 Å². The summed E-state index contributed by atoms with van der Waals surface area (Å²) in [4.78, 5) is 58.0. The highest BCUT2D eigenvalue weighted by Gasteiger charge is 2.41. The van der Waals surface area contributed by atoms with Crippen LogP contribution in [0.5, 0.6) is 5.75 Å². The molecule has 0 saturated heterocycles. The summed E-state index contributed by atoms with van der Waals surface area (Å²) in [6.07, 6.45) is 0.210. The zero-order valence-electron chi connectivity index (χ0n) is 34.9. The minimum absolute atomic E-state index is 0.0527. The lowest BCUT2D eigenvalue weighted by Gasteiger charge is -2.33. The molecule has 0 bridgehead atoms. The number of aliphatic hydroxyl groups is 1.